The Balaban J connectivity index is 3.30. The third-order valence-electron chi connectivity index (χ3n) is 2.98. The van der Waals surface area contributed by atoms with Crippen molar-refractivity contribution in [3.63, 3.8) is 0 Å². The topological polar surface area (TPSA) is 26.3 Å². The minimum Gasteiger partial charge on any atom is -0.458 e. The van der Waals surface area contributed by atoms with Crippen LogP contribution >= 0.6 is 0 Å². The average molecular weight is 252 g/mol. The van der Waals surface area contributed by atoms with E-state index in [-0.39, 0.29) is 12.1 Å². The Morgan fingerprint density at radius 2 is 1.61 bits per heavy atom. The van der Waals surface area contributed by atoms with E-state index in [1.54, 1.807) is 6.08 Å². The van der Waals surface area contributed by atoms with E-state index in [0.29, 0.717) is 0 Å². The van der Waals surface area contributed by atoms with Crippen LogP contribution in [0.15, 0.2) is 25.3 Å². The fraction of sp³-hybridized carbons (Fsp3) is 0.688. The fourth-order valence-electron chi connectivity index (χ4n) is 1.96. The third-order valence-corrected chi connectivity index (χ3v) is 2.98. The lowest BCUT2D eigenvalue weighted by Crippen LogP contribution is -2.13. The molecular formula is C16H28O2. The summed E-state index contributed by atoms with van der Waals surface area (Å²) < 4.78 is 5.11. The fourth-order valence-corrected chi connectivity index (χ4v) is 1.96. The van der Waals surface area contributed by atoms with E-state index in [2.05, 4.69) is 13.2 Å². The summed E-state index contributed by atoms with van der Waals surface area (Å²) >= 11 is 0. The maximum Gasteiger partial charge on any atom is 0.303 e. The molecule has 0 spiro atoms. The molecule has 0 heterocycles. The number of hydrogen-bond acceptors (Lipinski definition) is 2. The minimum absolute atomic E-state index is 0.102. The molecule has 0 radical (unpaired) electrons. The molecule has 0 saturated heterocycles. The molecule has 104 valence electrons. The first-order valence-electron chi connectivity index (χ1n) is 7.11. The second kappa shape index (κ2) is 12.4. The summed E-state index contributed by atoms with van der Waals surface area (Å²) in [6, 6.07) is 0. The molecule has 0 rings (SSSR count). The van der Waals surface area contributed by atoms with Gasteiger partial charge < -0.3 is 4.74 Å². The van der Waals surface area contributed by atoms with Crippen LogP contribution < -0.4 is 0 Å². The quantitative estimate of drug-likeness (QED) is 0.283. The van der Waals surface area contributed by atoms with Crippen LogP contribution in [-0.4, -0.2) is 12.1 Å². The number of carbonyl (C=O) groups excluding carboxylic acids is 1. The van der Waals surface area contributed by atoms with Crippen molar-refractivity contribution in [2.75, 3.05) is 0 Å². The Labute approximate surface area is 112 Å². The molecule has 2 heteroatoms. The van der Waals surface area contributed by atoms with Gasteiger partial charge in [0, 0.05) is 6.92 Å². The molecule has 1 unspecified atom stereocenters. The number of rotatable bonds is 12. The SMILES string of the molecule is C=CCCCCCCCCCC(C=C)OC(C)=O. The lowest BCUT2D eigenvalue weighted by molar-refractivity contribution is -0.144. The molecule has 0 aromatic rings. The van der Waals surface area contributed by atoms with Gasteiger partial charge in [-0.05, 0) is 25.7 Å². The first kappa shape index (κ1) is 16.9. The number of ether oxygens (including phenoxy) is 1. The maximum atomic E-state index is 10.8. The molecule has 0 fully saturated rings. The van der Waals surface area contributed by atoms with Gasteiger partial charge in [-0.1, -0.05) is 50.8 Å². The Hall–Kier alpha value is -1.05. The van der Waals surface area contributed by atoms with Gasteiger partial charge in [-0.3, -0.25) is 4.79 Å². The highest BCUT2D eigenvalue weighted by molar-refractivity contribution is 5.66. The van der Waals surface area contributed by atoms with E-state index in [1.807, 2.05) is 6.08 Å². The van der Waals surface area contributed by atoms with Crippen LogP contribution in [0.25, 0.3) is 0 Å². The average Bonchev–Trinajstić information content (AvgIpc) is 2.35. The first-order chi connectivity index (χ1) is 8.70. The Kier molecular flexibility index (Phi) is 11.7. The summed E-state index contributed by atoms with van der Waals surface area (Å²) in [5.41, 5.74) is 0. The van der Waals surface area contributed by atoms with Crippen molar-refractivity contribution in [3.8, 4) is 0 Å². The van der Waals surface area contributed by atoms with Crippen LogP contribution in [0.4, 0.5) is 0 Å². The Morgan fingerprint density at radius 3 is 2.11 bits per heavy atom. The Morgan fingerprint density at radius 1 is 1.06 bits per heavy atom. The monoisotopic (exact) mass is 252 g/mol. The number of carbonyl (C=O) groups is 1. The number of esters is 1. The van der Waals surface area contributed by atoms with E-state index in [9.17, 15) is 4.79 Å². The summed E-state index contributed by atoms with van der Waals surface area (Å²) in [5.74, 6) is -0.220. The molecule has 18 heavy (non-hydrogen) atoms. The van der Waals surface area contributed by atoms with Crippen LogP contribution in [0.5, 0.6) is 0 Å². The van der Waals surface area contributed by atoms with Crippen molar-refractivity contribution in [2.45, 2.75) is 70.8 Å². The molecule has 2 nitrogen and oxygen atoms in total. The predicted molar refractivity (Wildman–Crippen MR) is 77.5 cm³/mol. The molecule has 0 saturated carbocycles. The lowest BCUT2D eigenvalue weighted by atomic mass is 10.1. The first-order valence-corrected chi connectivity index (χ1v) is 7.11. The smallest absolute Gasteiger partial charge is 0.303 e. The van der Waals surface area contributed by atoms with E-state index in [0.717, 1.165) is 19.3 Å². The van der Waals surface area contributed by atoms with Crippen molar-refractivity contribution in [3.05, 3.63) is 25.3 Å². The van der Waals surface area contributed by atoms with Gasteiger partial charge in [0.25, 0.3) is 0 Å². The standard InChI is InChI=1S/C16H28O2/c1-4-6-7-8-9-10-11-12-13-14-16(5-2)18-15(3)17/h4-5,16H,1-2,6-14H2,3H3. The van der Waals surface area contributed by atoms with Crippen molar-refractivity contribution < 1.29 is 9.53 Å². The lowest BCUT2D eigenvalue weighted by Gasteiger charge is -2.12. The number of hydrogen-bond donors (Lipinski definition) is 0. The highest BCUT2D eigenvalue weighted by Crippen LogP contribution is 2.12. The summed E-state index contributed by atoms with van der Waals surface area (Å²) in [5, 5.41) is 0. The molecular weight excluding hydrogens is 224 g/mol. The van der Waals surface area contributed by atoms with Crippen molar-refractivity contribution >= 4 is 5.97 Å². The number of unbranched alkanes of at least 4 members (excludes halogenated alkanes) is 7. The van der Waals surface area contributed by atoms with Crippen LogP contribution in [0, 0.1) is 0 Å². The van der Waals surface area contributed by atoms with Gasteiger partial charge in [0.2, 0.25) is 0 Å². The van der Waals surface area contributed by atoms with Gasteiger partial charge in [-0.25, -0.2) is 0 Å². The van der Waals surface area contributed by atoms with Crippen molar-refractivity contribution in [1.29, 1.82) is 0 Å². The minimum atomic E-state index is -0.220. The van der Waals surface area contributed by atoms with E-state index in [4.69, 9.17) is 4.74 Å². The van der Waals surface area contributed by atoms with Gasteiger partial charge in [0.1, 0.15) is 6.10 Å². The van der Waals surface area contributed by atoms with Gasteiger partial charge in [-0.15, -0.1) is 6.58 Å². The van der Waals surface area contributed by atoms with Gasteiger partial charge in [-0.2, -0.15) is 0 Å². The zero-order chi connectivity index (χ0) is 13.6. The predicted octanol–water partition coefficient (Wildman–Crippen LogP) is 4.80. The molecule has 0 amide bonds. The van der Waals surface area contributed by atoms with E-state index in [1.165, 1.54) is 45.4 Å². The molecule has 1 atom stereocenters. The number of allylic oxidation sites excluding steroid dienone is 1. The maximum absolute atomic E-state index is 10.8. The summed E-state index contributed by atoms with van der Waals surface area (Å²) in [6.07, 6.45) is 14.5. The zero-order valence-corrected chi connectivity index (χ0v) is 11.8. The molecule has 0 aromatic heterocycles. The molecule has 0 N–H and O–H groups in total. The molecule has 0 aromatic carbocycles. The largest absolute Gasteiger partial charge is 0.458 e. The van der Waals surface area contributed by atoms with Crippen molar-refractivity contribution in [1.82, 2.24) is 0 Å². The van der Waals surface area contributed by atoms with E-state index >= 15 is 0 Å². The normalized spacial score (nSPS) is 11.8. The second-order valence-electron chi connectivity index (χ2n) is 4.72. The van der Waals surface area contributed by atoms with Crippen LogP contribution in [-0.2, 0) is 9.53 Å². The van der Waals surface area contributed by atoms with Crippen molar-refractivity contribution in [2.24, 2.45) is 0 Å². The molecule has 0 aliphatic rings. The molecule has 0 aliphatic carbocycles. The summed E-state index contributed by atoms with van der Waals surface area (Å²) in [7, 11) is 0. The van der Waals surface area contributed by atoms with Gasteiger partial charge in [0.05, 0.1) is 0 Å². The third kappa shape index (κ3) is 11.4. The highest BCUT2D eigenvalue weighted by Gasteiger charge is 2.06. The zero-order valence-electron chi connectivity index (χ0n) is 11.8. The molecule has 0 bridgehead atoms. The highest BCUT2D eigenvalue weighted by atomic mass is 16.5. The summed E-state index contributed by atoms with van der Waals surface area (Å²) in [4.78, 5) is 10.8. The van der Waals surface area contributed by atoms with Crippen LogP contribution in [0.2, 0.25) is 0 Å². The van der Waals surface area contributed by atoms with E-state index < -0.39 is 0 Å². The van der Waals surface area contributed by atoms with Gasteiger partial charge >= 0.3 is 5.97 Å². The molecule has 0 aliphatic heterocycles. The van der Waals surface area contributed by atoms with Crippen LogP contribution in [0.3, 0.4) is 0 Å². The van der Waals surface area contributed by atoms with Gasteiger partial charge in [0.15, 0.2) is 0 Å². The van der Waals surface area contributed by atoms with Crippen LogP contribution in [0.1, 0.15) is 64.7 Å². The summed E-state index contributed by atoms with van der Waals surface area (Å²) in [6.45, 7) is 8.85. The second-order valence-corrected chi connectivity index (χ2v) is 4.72. The Bertz CT molecular complexity index is 233.